The summed E-state index contributed by atoms with van der Waals surface area (Å²) in [5.41, 5.74) is 7.89. The van der Waals surface area contributed by atoms with Gasteiger partial charge in [0, 0.05) is 13.1 Å². The number of nitrogens with two attached hydrogens (primary N) is 1. The molecule has 10 heteroatoms. The molecule has 3 aromatic heterocycles. The van der Waals surface area contributed by atoms with E-state index in [9.17, 15) is 9.59 Å². The topological polar surface area (TPSA) is 136 Å². The number of carbonyl (C=O) groups is 2. The molecule has 1 saturated heterocycles. The molecule has 10 nitrogen and oxygen atoms in total. The Hall–Kier alpha value is -3.95. The van der Waals surface area contributed by atoms with Gasteiger partial charge < -0.3 is 25.1 Å². The van der Waals surface area contributed by atoms with Gasteiger partial charge in [0.2, 0.25) is 12.4 Å². The van der Waals surface area contributed by atoms with Crippen LogP contribution in [0.1, 0.15) is 36.0 Å². The highest BCUT2D eigenvalue weighted by Crippen LogP contribution is 2.25. The minimum atomic E-state index is -0.675. The number of amides is 2. The van der Waals surface area contributed by atoms with Crippen molar-refractivity contribution >= 4 is 18.5 Å². The maximum absolute atomic E-state index is 12.1. The van der Waals surface area contributed by atoms with Crippen molar-refractivity contribution in [2.75, 3.05) is 18.8 Å². The van der Waals surface area contributed by atoms with Gasteiger partial charge >= 0.3 is 6.09 Å². The van der Waals surface area contributed by atoms with E-state index in [1.807, 2.05) is 0 Å². The number of nitrogens with zero attached hydrogens (tertiary/aromatic N) is 4. The summed E-state index contributed by atoms with van der Waals surface area (Å²) in [6, 6.07) is 9.77. The smallest absolute Gasteiger partial charge is 0.410 e. The number of rotatable bonds is 7. The molecule has 1 fully saturated rings. The number of aromatic nitrogens is 3. The molecule has 3 N–H and O–H groups in total. The molecule has 0 saturated carbocycles. The van der Waals surface area contributed by atoms with Gasteiger partial charge in [0.05, 0.1) is 23.3 Å². The molecular weight excluding hydrogens is 400 g/mol. The van der Waals surface area contributed by atoms with Crippen LogP contribution >= 0.6 is 0 Å². The van der Waals surface area contributed by atoms with Crippen LogP contribution in [0.3, 0.4) is 0 Å². The third-order valence-electron chi connectivity index (χ3n) is 4.90. The predicted octanol–water partition coefficient (Wildman–Crippen LogP) is 2.28. The number of hydrogen-bond acceptors (Lipinski definition) is 8. The fourth-order valence-corrected chi connectivity index (χ4v) is 3.44. The van der Waals surface area contributed by atoms with Crippen molar-refractivity contribution in [1.82, 2.24) is 25.2 Å². The van der Waals surface area contributed by atoms with Gasteiger partial charge in [-0.3, -0.25) is 9.78 Å². The molecule has 1 aliphatic rings. The molecule has 0 radical (unpaired) electrons. The molecule has 31 heavy (non-hydrogen) atoms. The van der Waals surface area contributed by atoms with E-state index in [1.165, 1.54) is 6.26 Å². The number of furan rings is 1. The molecule has 1 atom stereocenters. The Labute approximate surface area is 178 Å². The highest BCUT2D eigenvalue weighted by molar-refractivity contribution is 5.67. The summed E-state index contributed by atoms with van der Waals surface area (Å²) >= 11 is 0. The molecule has 2 amide bonds. The van der Waals surface area contributed by atoms with Crippen LogP contribution in [0.4, 0.5) is 10.7 Å². The summed E-state index contributed by atoms with van der Waals surface area (Å²) in [4.78, 5) is 38.1. The van der Waals surface area contributed by atoms with Crippen LogP contribution in [0.5, 0.6) is 0 Å². The monoisotopic (exact) mass is 422 g/mol. The van der Waals surface area contributed by atoms with Crippen molar-refractivity contribution in [3.8, 4) is 11.5 Å². The van der Waals surface area contributed by atoms with Crippen molar-refractivity contribution < 1.29 is 18.7 Å². The van der Waals surface area contributed by atoms with Gasteiger partial charge in [-0.1, -0.05) is 6.07 Å². The zero-order valence-electron chi connectivity index (χ0n) is 16.7. The molecule has 0 bridgehead atoms. The summed E-state index contributed by atoms with van der Waals surface area (Å²) in [6.45, 7) is 1.45. The molecule has 1 aliphatic heterocycles. The van der Waals surface area contributed by atoms with E-state index in [-0.39, 0.29) is 18.6 Å². The summed E-state index contributed by atoms with van der Waals surface area (Å²) in [5, 5.41) is 2.72. The Morgan fingerprint density at radius 2 is 2.03 bits per heavy atom. The highest BCUT2D eigenvalue weighted by Gasteiger charge is 2.21. The van der Waals surface area contributed by atoms with Gasteiger partial charge in [-0.15, -0.1) is 0 Å². The second-order valence-corrected chi connectivity index (χ2v) is 7.03. The fraction of sp³-hybridized carbons (Fsp3) is 0.286. The molecule has 4 rings (SSSR count). The van der Waals surface area contributed by atoms with Crippen LogP contribution in [-0.2, 0) is 16.1 Å². The quantitative estimate of drug-likeness (QED) is 0.553. The lowest BCUT2D eigenvalue weighted by Gasteiger charge is -2.18. The third kappa shape index (κ3) is 4.80. The van der Waals surface area contributed by atoms with Crippen molar-refractivity contribution in [1.29, 1.82) is 0 Å². The van der Waals surface area contributed by atoms with Crippen LogP contribution in [0.15, 0.2) is 47.1 Å². The highest BCUT2D eigenvalue weighted by atomic mass is 16.6. The Morgan fingerprint density at radius 1 is 1.19 bits per heavy atom. The minimum absolute atomic E-state index is 0.0283. The number of anilines is 1. The van der Waals surface area contributed by atoms with E-state index in [0.29, 0.717) is 48.0 Å². The summed E-state index contributed by atoms with van der Waals surface area (Å²) < 4.78 is 10.8. The lowest BCUT2D eigenvalue weighted by molar-refractivity contribution is -0.110. The van der Waals surface area contributed by atoms with E-state index in [0.717, 1.165) is 12.8 Å². The van der Waals surface area contributed by atoms with Crippen molar-refractivity contribution in [3.63, 3.8) is 0 Å². The van der Waals surface area contributed by atoms with E-state index < -0.39 is 6.04 Å². The SMILES string of the molecule is Nc1nc(-c2ccco2)cc(C(NC=O)c2cccc(COC(=O)N3CCCC3)n2)n1. The number of ether oxygens (including phenoxy) is 1. The maximum atomic E-state index is 12.1. The minimum Gasteiger partial charge on any atom is -0.463 e. The second-order valence-electron chi connectivity index (χ2n) is 7.03. The average Bonchev–Trinajstić information content (AvgIpc) is 3.50. The number of pyridine rings is 1. The summed E-state index contributed by atoms with van der Waals surface area (Å²) in [5.74, 6) is 0.563. The van der Waals surface area contributed by atoms with E-state index in [1.54, 1.807) is 41.3 Å². The Balaban J connectivity index is 1.56. The number of carbonyl (C=O) groups excluding carboxylic acids is 2. The molecular formula is C21H22N6O4. The van der Waals surface area contributed by atoms with Crippen LogP contribution < -0.4 is 11.1 Å². The molecule has 4 heterocycles. The van der Waals surface area contributed by atoms with Crippen LogP contribution in [0.25, 0.3) is 11.5 Å². The average molecular weight is 422 g/mol. The standard InChI is InChI=1S/C21H22N6O4/c22-20-25-16(18-7-4-10-30-18)11-17(26-20)19(23-13-28)15-6-3-5-14(24-15)12-31-21(29)27-8-1-2-9-27/h3-7,10-11,13,19H,1-2,8-9,12H2,(H,23,28)(H2,22,25,26). The largest absolute Gasteiger partial charge is 0.463 e. The first-order chi connectivity index (χ1) is 15.1. The Bertz CT molecular complexity index is 1050. The zero-order valence-corrected chi connectivity index (χ0v) is 16.7. The molecule has 0 spiro atoms. The first-order valence-electron chi connectivity index (χ1n) is 9.89. The first kappa shape index (κ1) is 20.3. The van der Waals surface area contributed by atoms with Crippen molar-refractivity contribution in [3.05, 3.63) is 59.7 Å². The van der Waals surface area contributed by atoms with Gasteiger partial charge in [0.1, 0.15) is 18.3 Å². The van der Waals surface area contributed by atoms with Crippen molar-refractivity contribution in [2.45, 2.75) is 25.5 Å². The number of nitrogen functional groups attached to an aromatic ring is 1. The number of likely N-dealkylation sites (tertiary alicyclic amines) is 1. The number of nitrogens with one attached hydrogen (secondary N) is 1. The summed E-state index contributed by atoms with van der Waals surface area (Å²) in [6.07, 6.45) is 3.73. The molecule has 3 aromatic rings. The van der Waals surface area contributed by atoms with Crippen LogP contribution in [0.2, 0.25) is 0 Å². The lowest BCUT2D eigenvalue weighted by atomic mass is 10.1. The Morgan fingerprint density at radius 3 is 2.77 bits per heavy atom. The molecule has 160 valence electrons. The predicted molar refractivity (Wildman–Crippen MR) is 110 cm³/mol. The number of hydrogen-bond donors (Lipinski definition) is 2. The molecule has 0 aliphatic carbocycles. The third-order valence-corrected chi connectivity index (χ3v) is 4.90. The summed E-state index contributed by atoms with van der Waals surface area (Å²) in [7, 11) is 0. The first-order valence-corrected chi connectivity index (χ1v) is 9.89. The van der Waals surface area contributed by atoms with Gasteiger partial charge in [-0.25, -0.2) is 14.8 Å². The van der Waals surface area contributed by atoms with E-state index in [4.69, 9.17) is 14.9 Å². The van der Waals surface area contributed by atoms with Gasteiger partial charge in [0.15, 0.2) is 5.76 Å². The lowest BCUT2D eigenvalue weighted by Crippen LogP contribution is -2.28. The van der Waals surface area contributed by atoms with Crippen molar-refractivity contribution in [2.24, 2.45) is 0 Å². The molecule has 1 unspecified atom stereocenters. The maximum Gasteiger partial charge on any atom is 0.410 e. The van der Waals surface area contributed by atoms with Gasteiger partial charge in [-0.05, 0) is 43.2 Å². The normalized spacial score (nSPS) is 14.3. The van der Waals surface area contributed by atoms with Crippen LogP contribution in [-0.4, -0.2) is 45.4 Å². The van der Waals surface area contributed by atoms with E-state index in [2.05, 4.69) is 20.3 Å². The van der Waals surface area contributed by atoms with Crippen LogP contribution in [0, 0.1) is 0 Å². The van der Waals surface area contributed by atoms with E-state index >= 15 is 0 Å². The fourth-order valence-electron chi connectivity index (χ4n) is 3.44. The van der Waals surface area contributed by atoms with Gasteiger partial charge in [-0.2, -0.15) is 0 Å². The molecule has 0 aromatic carbocycles. The second kappa shape index (κ2) is 9.24. The Kier molecular flexibility index (Phi) is 6.06. The zero-order chi connectivity index (χ0) is 21.6. The van der Waals surface area contributed by atoms with Gasteiger partial charge in [0.25, 0.3) is 0 Å².